The number of hydrogen-bond acceptors (Lipinski definition) is 2. The lowest BCUT2D eigenvalue weighted by molar-refractivity contribution is -0.743. The van der Waals surface area contributed by atoms with Crippen LogP contribution in [-0.4, -0.2) is 40.4 Å². The summed E-state index contributed by atoms with van der Waals surface area (Å²) in [5, 5.41) is 2.43. The van der Waals surface area contributed by atoms with E-state index in [2.05, 4.69) is 31.2 Å². The number of benzene rings is 1. The minimum absolute atomic E-state index is 0.0596. The molecule has 6 heteroatoms. The van der Waals surface area contributed by atoms with E-state index < -0.39 is 0 Å². The first-order valence-corrected chi connectivity index (χ1v) is 8.89. The van der Waals surface area contributed by atoms with Crippen LogP contribution in [0.5, 0.6) is 0 Å². The summed E-state index contributed by atoms with van der Waals surface area (Å²) >= 11 is 3.41. The first-order valence-electron chi connectivity index (χ1n) is 8.10. The van der Waals surface area contributed by atoms with Crippen molar-refractivity contribution in [3.8, 4) is 0 Å². The number of rotatable bonds is 1. The fraction of sp³-hybridized carbons (Fsp3) is 0.412. The standard InChI is InChI=1S/C17H19BrN4O/c18-13-3-1-12(2-4-13)16(23)22-9-6-17(7-10-22)15-14(5-8-21-17)19-11-20-15/h1-4,11,21H,5-10H2,(H,19,20)/p+1. The van der Waals surface area contributed by atoms with E-state index in [1.165, 1.54) is 11.4 Å². The van der Waals surface area contributed by atoms with Gasteiger partial charge in [-0.05, 0) is 24.3 Å². The highest BCUT2D eigenvalue weighted by atomic mass is 79.9. The van der Waals surface area contributed by atoms with Gasteiger partial charge in [0.05, 0.1) is 12.9 Å². The Morgan fingerprint density at radius 2 is 2.00 bits per heavy atom. The molecule has 1 fully saturated rings. The maximum atomic E-state index is 12.7. The molecule has 5 nitrogen and oxygen atoms in total. The van der Waals surface area contributed by atoms with Gasteiger partial charge in [0.1, 0.15) is 11.2 Å². The van der Waals surface area contributed by atoms with Crippen molar-refractivity contribution in [2.75, 3.05) is 19.6 Å². The molecule has 2 aliphatic rings. The van der Waals surface area contributed by atoms with Crippen molar-refractivity contribution < 1.29 is 10.1 Å². The van der Waals surface area contributed by atoms with E-state index in [0.717, 1.165) is 48.9 Å². The second kappa shape index (κ2) is 5.76. The van der Waals surface area contributed by atoms with Crippen molar-refractivity contribution in [2.45, 2.75) is 24.8 Å². The number of nitrogens with zero attached hydrogens (tertiary/aromatic N) is 2. The van der Waals surface area contributed by atoms with Gasteiger partial charge in [0.15, 0.2) is 0 Å². The van der Waals surface area contributed by atoms with Crippen molar-refractivity contribution in [1.29, 1.82) is 0 Å². The number of carbonyl (C=O) groups excluding carboxylic acids is 1. The van der Waals surface area contributed by atoms with Crippen molar-refractivity contribution >= 4 is 21.8 Å². The monoisotopic (exact) mass is 375 g/mol. The normalized spacial score (nSPS) is 19.6. The smallest absolute Gasteiger partial charge is 0.253 e. The molecular weight excluding hydrogens is 356 g/mol. The Bertz CT molecular complexity index is 716. The molecule has 1 spiro atoms. The summed E-state index contributed by atoms with van der Waals surface area (Å²) < 4.78 is 0.995. The molecule has 0 atom stereocenters. The maximum absolute atomic E-state index is 12.7. The molecule has 0 unspecified atom stereocenters. The summed E-state index contributed by atoms with van der Waals surface area (Å²) in [6.45, 7) is 2.67. The third kappa shape index (κ3) is 2.60. The number of amides is 1. The van der Waals surface area contributed by atoms with Crippen LogP contribution in [-0.2, 0) is 12.0 Å². The molecule has 0 aliphatic carbocycles. The van der Waals surface area contributed by atoms with Gasteiger partial charge >= 0.3 is 0 Å². The Kier molecular flexibility index (Phi) is 3.73. The van der Waals surface area contributed by atoms with Crippen LogP contribution in [0.3, 0.4) is 0 Å². The van der Waals surface area contributed by atoms with Crippen LogP contribution >= 0.6 is 15.9 Å². The van der Waals surface area contributed by atoms with E-state index in [0.29, 0.717) is 0 Å². The molecule has 1 amide bonds. The first kappa shape index (κ1) is 14.9. The number of hydrogen-bond donors (Lipinski definition) is 2. The molecular formula is C17H20BrN4O+. The van der Waals surface area contributed by atoms with E-state index in [-0.39, 0.29) is 11.4 Å². The van der Waals surface area contributed by atoms with Gasteiger partial charge in [-0.1, -0.05) is 15.9 Å². The van der Waals surface area contributed by atoms with E-state index in [9.17, 15) is 4.79 Å². The molecule has 3 heterocycles. The van der Waals surface area contributed by atoms with Gasteiger partial charge in [0, 0.05) is 48.1 Å². The van der Waals surface area contributed by atoms with Crippen molar-refractivity contribution in [1.82, 2.24) is 14.9 Å². The van der Waals surface area contributed by atoms with E-state index in [1.807, 2.05) is 35.5 Å². The van der Waals surface area contributed by atoms with Crippen LogP contribution in [0.25, 0.3) is 0 Å². The topological polar surface area (TPSA) is 65.6 Å². The number of H-pyrrole nitrogens is 1. The highest BCUT2D eigenvalue weighted by Gasteiger charge is 2.45. The number of nitrogens with two attached hydrogens (primary N) is 1. The molecule has 0 radical (unpaired) electrons. The van der Waals surface area contributed by atoms with Gasteiger partial charge in [0.2, 0.25) is 0 Å². The number of halogens is 1. The highest BCUT2D eigenvalue weighted by Crippen LogP contribution is 2.32. The molecule has 0 bridgehead atoms. The molecule has 1 aromatic heterocycles. The van der Waals surface area contributed by atoms with E-state index in [4.69, 9.17) is 0 Å². The molecule has 0 saturated carbocycles. The number of carbonyl (C=O) groups is 1. The first-order chi connectivity index (χ1) is 11.2. The van der Waals surface area contributed by atoms with Crippen LogP contribution < -0.4 is 5.32 Å². The number of nitrogens with one attached hydrogen (secondary N) is 1. The number of piperidine rings is 1. The van der Waals surface area contributed by atoms with Crippen LogP contribution in [0.4, 0.5) is 0 Å². The fourth-order valence-corrected chi connectivity index (χ4v) is 4.12. The summed E-state index contributed by atoms with van der Waals surface area (Å²) in [7, 11) is 0. The Morgan fingerprint density at radius 1 is 1.26 bits per heavy atom. The summed E-state index contributed by atoms with van der Waals surface area (Å²) in [6.07, 6.45) is 4.80. The lowest BCUT2D eigenvalue weighted by Crippen LogP contribution is -2.97. The fourth-order valence-electron chi connectivity index (χ4n) is 3.85. The van der Waals surface area contributed by atoms with E-state index >= 15 is 0 Å². The number of fused-ring (bicyclic) bond motifs is 2. The second-order valence-electron chi connectivity index (χ2n) is 6.43. The average molecular weight is 376 g/mol. The van der Waals surface area contributed by atoms with Crippen LogP contribution in [0, 0.1) is 0 Å². The molecule has 2 aromatic rings. The molecule has 1 aromatic carbocycles. The molecule has 3 N–H and O–H groups in total. The average Bonchev–Trinajstić information content (AvgIpc) is 3.06. The van der Waals surface area contributed by atoms with Gasteiger partial charge in [0.25, 0.3) is 5.91 Å². The number of aromatic nitrogens is 2. The van der Waals surface area contributed by atoms with Crippen LogP contribution in [0.1, 0.15) is 34.6 Å². The largest absolute Gasteiger partial charge is 0.348 e. The number of quaternary nitrogens is 1. The summed E-state index contributed by atoms with van der Waals surface area (Å²) in [5.41, 5.74) is 3.31. The summed E-state index contributed by atoms with van der Waals surface area (Å²) in [6, 6.07) is 7.61. The van der Waals surface area contributed by atoms with Crippen molar-refractivity contribution in [2.24, 2.45) is 0 Å². The third-order valence-electron chi connectivity index (χ3n) is 5.15. The minimum Gasteiger partial charge on any atom is -0.348 e. The number of likely N-dealkylation sites (tertiary alicyclic amines) is 1. The van der Waals surface area contributed by atoms with E-state index in [1.54, 1.807) is 0 Å². The molecule has 4 rings (SSSR count). The predicted molar refractivity (Wildman–Crippen MR) is 90.0 cm³/mol. The SMILES string of the molecule is O=C(c1ccc(Br)cc1)N1CCC2(CC1)[NH2+]CCc1[nH]cnc12. The number of aromatic amines is 1. The molecule has 120 valence electrons. The van der Waals surface area contributed by atoms with Gasteiger partial charge in [-0.15, -0.1) is 0 Å². The lowest BCUT2D eigenvalue weighted by atomic mass is 9.80. The third-order valence-corrected chi connectivity index (χ3v) is 5.68. The van der Waals surface area contributed by atoms with Crippen molar-refractivity contribution in [3.05, 3.63) is 52.0 Å². The highest BCUT2D eigenvalue weighted by molar-refractivity contribution is 9.10. The Morgan fingerprint density at radius 3 is 2.74 bits per heavy atom. The van der Waals surface area contributed by atoms with Crippen molar-refractivity contribution in [3.63, 3.8) is 0 Å². The molecule has 23 heavy (non-hydrogen) atoms. The quantitative estimate of drug-likeness (QED) is 0.791. The van der Waals surface area contributed by atoms with Gasteiger partial charge in [-0.2, -0.15) is 0 Å². The molecule has 1 saturated heterocycles. The Balaban J connectivity index is 1.50. The number of imidazole rings is 1. The summed E-state index contributed by atoms with van der Waals surface area (Å²) in [5.74, 6) is 0.130. The Labute approximate surface area is 143 Å². The zero-order valence-corrected chi connectivity index (χ0v) is 14.5. The second-order valence-corrected chi connectivity index (χ2v) is 7.34. The maximum Gasteiger partial charge on any atom is 0.253 e. The van der Waals surface area contributed by atoms with Gasteiger partial charge in [-0.3, -0.25) is 4.79 Å². The minimum atomic E-state index is 0.0596. The van der Waals surface area contributed by atoms with Crippen LogP contribution in [0.2, 0.25) is 0 Å². The summed E-state index contributed by atoms with van der Waals surface area (Å²) in [4.78, 5) is 22.5. The van der Waals surface area contributed by atoms with Gasteiger partial charge in [-0.25, -0.2) is 4.98 Å². The van der Waals surface area contributed by atoms with Crippen LogP contribution in [0.15, 0.2) is 35.1 Å². The molecule has 2 aliphatic heterocycles. The predicted octanol–water partition coefficient (Wildman–Crippen LogP) is 1.42. The lowest BCUT2D eigenvalue weighted by Gasteiger charge is -2.41. The van der Waals surface area contributed by atoms with Gasteiger partial charge < -0.3 is 15.2 Å². The zero-order chi connectivity index (χ0) is 15.9. The Hall–Kier alpha value is -1.66. The zero-order valence-electron chi connectivity index (χ0n) is 12.9.